The second-order valence-corrected chi connectivity index (χ2v) is 8.58. The zero-order valence-electron chi connectivity index (χ0n) is 16.7. The van der Waals surface area contributed by atoms with Crippen LogP contribution in [0.25, 0.3) is 0 Å². The van der Waals surface area contributed by atoms with Gasteiger partial charge in [-0.15, -0.1) is 0 Å². The quantitative estimate of drug-likeness (QED) is 0.725. The van der Waals surface area contributed by atoms with E-state index >= 15 is 0 Å². The summed E-state index contributed by atoms with van der Waals surface area (Å²) in [5.74, 6) is -0.181. The fourth-order valence-electron chi connectivity index (χ4n) is 5.05. The number of nitrogens with zero attached hydrogens (tertiary/aromatic N) is 1. The molecule has 6 heteroatoms. The summed E-state index contributed by atoms with van der Waals surface area (Å²) in [4.78, 5) is 24.9. The largest absolute Gasteiger partial charge is 0.396 e. The number of hydrogen-bond acceptors (Lipinski definition) is 4. The number of aliphatic hydroxyl groups excluding tert-OH is 1. The van der Waals surface area contributed by atoms with Crippen molar-refractivity contribution >= 4 is 5.91 Å². The highest BCUT2D eigenvalue weighted by molar-refractivity contribution is 5.80. The number of carbonyl (C=O) groups excluding carboxylic acids is 1. The van der Waals surface area contributed by atoms with Crippen LogP contribution in [0.5, 0.6) is 0 Å². The molecule has 29 heavy (non-hydrogen) atoms. The van der Waals surface area contributed by atoms with Crippen LogP contribution in [0.1, 0.15) is 61.4 Å². The van der Waals surface area contributed by atoms with Crippen LogP contribution in [0.3, 0.4) is 0 Å². The van der Waals surface area contributed by atoms with Crippen LogP contribution in [0, 0.1) is 11.3 Å². The Morgan fingerprint density at radius 2 is 2.00 bits per heavy atom. The average Bonchev–Trinajstić information content (AvgIpc) is 2.77. The summed E-state index contributed by atoms with van der Waals surface area (Å²) in [6.07, 6.45) is 7.09. The van der Waals surface area contributed by atoms with Crippen molar-refractivity contribution in [1.82, 2.24) is 15.5 Å². The van der Waals surface area contributed by atoms with E-state index in [0.717, 1.165) is 42.5 Å². The van der Waals surface area contributed by atoms with Crippen molar-refractivity contribution in [2.45, 2.75) is 57.4 Å². The van der Waals surface area contributed by atoms with Gasteiger partial charge in [-0.05, 0) is 43.2 Å². The zero-order chi connectivity index (χ0) is 20.3. The van der Waals surface area contributed by atoms with Crippen LogP contribution >= 0.6 is 0 Å². The molecular formula is C23H29N3O3. The number of rotatable bonds is 5. The average molecular weight is 396 g/mol. The minimum absolute atomic E-state index is 0.00295. The van der Waals surface area contributed by atoms with Gasteiger partial charge >= 0.3 is 0 Å². The maximum Gasteiger partial charge on any atom is 0.264 e. The van der Waals surface area contributed by atoms with Gasteiger partial charge in [0.1, 0.15) is 0 Å². The molecule has 0 spiro atoms. The minimum Gasteiger partial charge on any atom is -0.396 e. The number of fused-ring (bicyclic) bond motifs is 1. The molecule has 1 saturated carbocycles. The first kappa shape index (κ1) is 19.8. The molecule has 1 heterocycles. The second-order valence-electron chi connectivity index (χ2n) is 8.58. The molecule has 2 unspecified atom stereocenters. The van der Waals surface area contributed by atoms with Gasteiger partial charge in [0.15, 0.2) is 0 Å². The second kappa shape index (κ2) is 8.49. The Labute approximate surface area is 170 Å². The molecule has 2 aliphatic rings. The molecule has 2 aromatic rings. The Hall–Kier alpha value is -2.47. The Morgan fingerprint density at radius 1 is 1.24 bits per heavy atom. The van der Waals surface area contributed by atoms with Crippen molar-refractivity contribution in [3.8, 4) is 0 Å². The van der Waals surface area contributed by atoms with Crippen molar-refractivity contribution in [1.29, 1.82) is 0 Å². The molecule has 0 aliphatic heterocycles. The lowest BCUT2D eigenvalue weighted by Crippen LogP contribution is -2.47. The first-order chi connectivity index (χ1) is 14.1. The topological polar surface area (TPSA) is 95.1 Å². The zero-order valence-corrected chi connectivity index (χ0v) is 16.7. The number of aromatic amines is 1. The number of hydrogen-bond donors (Lipinski definition) is 3. The van der Waals surface area contributed by atoms with Crippen LogP contribution in [0.2, 0.25) is 0 Å². The van der Waals surface area contributed by atoms with E-state index in [0.29, 0.717) is 19.3 Å². The van der Waals surface area contributed by atoms with Crippen molar-refractivity contribution in [3.63, 3.8) is 0 Å². The van der Waals surface area contributed by atoms with Crippen molar-refractivity contribution in [2.24, 2.45) is 11.3 Å². The highest BCUT2D eigenvalue weighted by Gasteiger charge is 2.42. The first-order valence-electron chi connectivity index (χ1n) is 10.6. The highest BCUT2D eigenvalue weighted by Crippen LogP contribution is 2.46. The molecule has 0 saturated heterocycles. The van der Waals surface area contributed by atoms with Crippen LogP contribution < -0.4 is 10.9 Å². The number of H-pyrrole nitrogens is 1. The van der Waals surface area contributed by atoms with Crippen LogP contribution in [-0.4, -0.2) is 27.8 Å². The summed E-state index contributed by atoms with van der Waals surface area (Å²) in [6, 6.07) is 11.4. The fraction of sp³-hybridized carbons (Fsp3) is 0.522. The molecule has 0 radical (unpaired) electrons. The number of aliphatic hydroxyl groups is 1. The lowest BCUT2D eigenvalue weighted by atomic mass is 9.67. The summed E-state index contributed by atoms with van der Waals surface area (Å²) in [6.45, 7) is 0.0691. The summed E-state index contributed by atoms with van der Waals surface area (Å²) in [5, 5.41) is 20.3. The highest BCUT2D eigenvalue weighted by atomic mass is 16.3. The van der Waals surface area contributed by atoms with Crippen LogP contribution in [0.4, 0.5) is 0 Å². The van der Waals surface area contributed by atoms with E-state index in [2.05, 4.69) is 15.5 Å². The number of nitrogens with one attached hydrogen (secondary N) is 2. The SMILES string of the molecule is O=C(NC(c1ccccc1)C1(CO)CCCCC1)C1CCc2n[nH]c(=O)cc2C1. The van der Waals surface area contributed by atoms with Gasteiger partial charge < -0.3 is 10.4 Å². The van der Waals surface area contributed by atoms with Crippen molar-refractivity contribution in [3.05, 3.63) is 63.6 Å². The molecule has 1 aromatic heterocycles. The standard InChI is InChI=1S/C23H29N3O3/c27-15-23(11-5-2-6-12-23)21(16-7-3-1-4-8-16)24-22(29)17-9-10-19-18(13-17)14-20(28)26-25-19/h1,3-4,7-8,14,17,21,27H,2,5-6,9-13,15H2,(H,24,29)(H,26,28). The summed E-state index contributed by atoms with van der Waals surface area (Å²) in [5.41, 5.74) is 2.25. The summed E-state index contributed by atoms with van der Waals surface area (Å²) >= 11 is 0. The Kier molecular flexibility index (Phi) is 5.81. The van der Waals surface area contributed by atoms with E-state index in [9.17, 15) is 14.7 Å². The normalized spacial score (nSPS) is 21.8. The molecule has 1 aromatic carbocycles. The number of carbonyl (C=O) groups is 1. The maximum atomic E-state index is 13.3. The molecule has 2 atom stereocenters. The third-order valence-electron chi connectivity index (χ3n) is 6.74. The number of aryl methyl sites for hydroxylation is 1. The third kappa shape index (κ3) is 4.13. The molecule has 2 aliphatic carbocycles. The van der Waals surface area contributed by atoms with Gasteiger partial charge in [-0.25, -0.2) is 5.10 Å². The number of aromatic nitrogens is 2. The predicted molar refractivity (Wildman–Crippen MR) is 110 cm³/mol. The summed E-state index contributed by atoms with van der Waals surface area (Å²) in [7, 11) is 0. The van der Waals surface area contributed by atoms with E-state index in [-0.39, 0.29) is 35.4 Å². The molecule has 4 rings (SSSR count). The van der Waals surface area contributed by atoms with E-state index in [1.54, 1.807) is 6.07 Å². The van der Waals surface area contributed by atoms with Crippen molar-refractivity contribution in [2.75, 3.05) is 6.61 Å². The number of amides is 1. The lowest BCUT2D eigenvalue weighted by Gasteiger charge is -2.43. The third-order valence-corrected chi connectivity index (χ3v) is 6.74. The molecule has 6 nitrogen and oxygen atoms in total. The van der Waals surface area contributed by atoms with Gasteiger partial charge in [-0.1, -0.05) is 49.6 Å². The molecule has 1 amide bonds. The monoisotopic (exact) mass is 395 g/mol. The van der Waals surface area contributed by atoms with E-state index in [4.69, 9.17) is 0 Å². The molecule has 1 fully saturated rings. The Morgan fingerprint density at radius 3 is 2.72 bits per heavy atom. The smallest absolute Gasteiger partial charge is 0.264 e. The van der Waals surface area contributed by atoms with Gasteiger partial charge in [0.2, 0.25) is 5.91 Å². The fourth-order valence-corrected chi connectivity index (χ4v) is 5.05. The van der Waals surface area contributed by atoms with E-state index < -0.39 is 0 Å². The minimum atomic E-state index is -0.319. The molecule has 0 bridgehead atoms. The van der Waals surface area contributed by atoms with Crippen molar-refractivity contribution < 1.29 is 9.90 Å². The van der Waals surface area contributed by atoms with Gasteiger partial charge in [0, 0.05) is 17.4 Å². The molecule has 154 valence electrons. The van der Waals surface area contributed by atoms with Gasteiger partial charge in [-0.3, -0.25) is 9.59 Å². The van der Waals surface area contributed by atoms with E-state index in [1.165, 1.54) is 6.42 Å². The first-order valence-corrected chi connectivity index (χ1v) is 10.6. The van der Waals surface area contributed by atoms with Crippen LogP contribution in [-0.2, 0) is 17.6 Å². The Balaban J connectivity index is 1.58. The predicted octanol–water partition coefficient (Wildman–Crippen LogP) is 2.68. The Bertz CT molecular complexity index is 903. The molecular weight excluding hydrogens is 366 g/mol. The van der Waals surface area contributed by atoms with Gasteiger partial charge in [-0.2, -0.15) is 5.10 Å². The molecule has 3 N–H and O–H groups in total. The van der Waals surface area contributed by atoms with Gasteiger partial charge in [0.25, 0.3) is 5.56 Å². The van der Waals surface area contributed by atoms with Crippen LogP contribution in [0.15, 0.2) is 41.2 Å². The summed E-state index contributed by atoms with van der Waals surface area (Å²) < 4.78 is 0. The number of benzene rings is 1. The lowest BCUT2D eigenvalue weighted by molar-refractivity contribution is -0.128. The van der Waals surface area contributed by atoms with Gasteiger partial charge in [0.05, 0.1) is 18.3 Å². The van der Waals surface area contributed by atoms with E-state index in [1.807, 2.05) is 30.3 Å². The maximum absolute atomic E-state index is 13.3.